The van der Waals surface area contributed by atoms with Gasteiger partial charge in [0.1, 0.15) is 71.5 Å². The molecule has 14 heterocycles. The number of hydrogen-bond donors (Lipinski definition) is 7. The zero-order valence-electron chi connectivity index (χ0n) is 83.5. The summed E-state index contributed by atoms with van der Waals surface area (Å²) in [5.41, 5.74) is 3.51. The van der Waals surface area contributed by atoms with Gasteiger partial charge in [0.25, 0.3) is 0 Å². The van der Waals surface area contributed by atoms with Crippen molar-refractivity contribution in [2.75, 3.05) is 93.9 Å². The second kappa shape index (κ2) is 37.5. The van der Waals surface area contributed by atoms with Crippen LogP contribution in [0.2, 0.25) is 0 Å². The molecule has 38 nitrogen and oxygen atoms in total. The fraction of sp³-hybridized carbons (Fsp3) is 0.554. The lowest BCUT2D eigenvalue weighted by Crippen LogP contribution is -2.70. The third-order valence-electron chi connectivity index (χ3n) is 27.9. The van der Waals surface area contributed by atoms with E-state index in [4.69, 9.17) is 85.3 Å². The summed E-state index contributed by atoms with van der Waals surface area (Å²) in [7, 11) is 9.75. The number of phenols is 2. The zero-order valence-corrected chi connectivity index (χ0v) is 85.2. The number of rotatable bonds is 12. The number of carbonyl (C=O) groups excluding carboxylic acids is 8. The van der Waals surface area contributed by atoms with Crippen LogP contribution in [-0.2, 0) is 84.4 Å². The topological polar surface area (TPSA) is 448 Å². The van der Waals surface area contributed by atoms with Crippen molar-refractivity contribution in [1.82, 2.24) is 40.9 Å². The number of nitrogens with one attached hydrogen (secondary N) is 4. The number of nitriles is 1. The Balaban J connectivity index is 0.000000194. The van der Waals surface area contributed by atoms with Crippen molar-refractivity contribution in [2.45, 2.75) is 267 Å². The van der Waals surface area contributed by atoms with Crippen molar-refractivity contribution in [3.05, 3.63) is 125 Å². The van der Waals surface area contributed by atoms with Crippen LogP contribution in [0.1, 0.15) is 221 Å². The van der Waals surface area contributed by atoms with Crippen molar-refractivity contribution in [3.63, 3.8) is 0 Å². The molecular weight excluding hydrogens is 1870 g/mol. The fourth-order valence-corrected chi connectivity index (χ4v) is 25.6. The standard InChI is InChI=1S/C51H61N5O14S.C50H62N4O15S/c1-23-15-27-16-29-30(19-52)56-31-20-64-46(59)51(28-18-32(62-11)33(17-26(28)13-14-53-51)67-48(61)70-50(7,8)9)21-71-44(38(56)37(55(29)10)34(27)39(57)40(23)63-12)36-35(31)43-42(65-22-66-43)24(2)41(36)68-45(58)25(3)54-47(60)69-49(4,5)6;1-22-15-26-16-28-43(56)54-29-19-63-45(58)50(27-18-30(61-11)31(17-25(27)13-14-51-50)66-47(60)69-49(7,8)9)20-70-42(36(54)35(53(28)10)32(26)37(55)38(22)62-12)34-33(29)41-40(64-21-65-41)23(2)39(34)67-44(57)24(3)52-46(59)68-48(4,5)6/h15,17-18,25,29-31,37-38,44,53,57H,13-14,16,20-22H2,1-12H3,(H,54,60);15,17-18,24,28-29,35-36,42-43,51,55-56H,13-14,16,19-21H2,1-12H3,(H,52,59)/t25-,29-,30-,31-,37+,38?,44+,51+;24-,28-,29-,35+,36?,42+,43-,50+/m00/s1. The Hall–Kier alpha value is -11.8. The average molecular weight is 1990 g/mol. The first-order valence-electron chi connectivity index (χ1n) is 47.0. The van der Waals surface area contributed by atoms with E-state index in [1.54, 1.807) is 121 Å². The summed E-state index contributed by atoms with van der Waals surface area (Å²) in [6.45, 7) is 30.6. The molecule has 0 radical (unpaired) electrons. The lowest BCUT2D eigenvalue weighted by molar-refractivity contribution is -0.186. The van der Waals surface area contributed by atoms with Crippen molar-refractivity contribution >= 4 is 71.9 Å². The predicted molar refractivity (Wildman–Crippen MR) is 509 cm³/mol. The van der Waals surface area contributed by atoms with Gasteiger partial charge in [0.15, 0.2) is 80.1 Å². The van der Waals surface area contributed by atoms with Crippen LogP contribution in [0.15, 0.2) is 36.4 Å². The number of nitrogens with zero attached hydrogens (tertiary/aromatic N) is 5. The maximum atomic E-state index is 15.2. The summed E-state index contributed by atoms with van der Waals surface area (Å²) in [6, 6.07) is 4.85. The Morgan fingerprint density at radius 3 is 1.26 bits per heavy atom. The van der Waals surface area contributed by atoms with Gasteiger partial charge >= 0.3 is 48.4 Å². The summed E-state index contributed by atoms with van der Waals surface area (Å²) >= 11 is 2.77. The zero-order chi connectivity index (χ0) is 102. The highest BCUT2D eigenvalue weighted by Crippen LogP contribution is 2.68. The highest BCUT2D eigenvalue weighted by molar-refractivity contribution is 7.99. The van der Waals surface area contributed by atoms with E-state index in [1.165, 1.54) is 65.8 Å². The van der Waals surface area contributed by atoms with Crippen molar-refractivity contribution in [1.29, 1.82) is 5.26 Å². The average Bonchev–Trinajstić information content (AvgIpc) is 1.48. The molecule has 40 heteroatoms. The predicted octanol–water partition coefficient (Wildman–Crippen LogP) is 12.4. The van der Waals surface area contributed by atoms with Crippen molar-refractivity contribution in [2.24, 2.45) is 0 Å². The summed E-state index contributed by atoms with van der Waals surface area (Å²) in [5, 5.41) is 59.5. The molecule has 2 unspecified atom stereocenters. The molecule has 7 N–H and O–H groups in total. The van der Waals surface area contributed by atoms with Gasteiger partial charge in [0.05, 0.1) is 75.2 Å². The Kier molecular flexibility index (Phi) is 26.8. The minimum Gasteiger partial charge on any atom is -0.504 e. The van der Waals surface area contributed by atoms with Gasteiger partial charge in [-0.3, -0.25) is 30.2 Å². The second-order valence-electron chi connectivity index (χ2n) is 41.5. The number of esters is 4. The van der Waals surface area contributed by atoms with Crippen LogP contribution in [0.25, 0.3) is 0 Å². The van der Waals surface area contributed by atoms with E-state index in [1.807, 2.05) is 45.0 Å². The van der Waals surface area contributed by atoms with E-state index in [0.717, 1.165) is 22.3 Å². The molecule has 6 aromatic carbocycles. The third-order valence-corrected chi connectivity index (χ3v) is 30.9. The fourth-order valence-electron chi connectivity index (χ4n) is 22.2. The van der Waals surface area contributed by atoms with Crippen LogP contribution >= 0.6 is 23.5 Å². The molecule has 0 aliphatic carbocycles. The molecule has 758 valence electrons. The number of amides is 2. The molecule has 16 atom stereocenters. The van der Waals surface area contributed by atoms with E-state index in [9.17, 15) is 49.3 Å². The third kappa shape index (κ3) is 17.8. The summed E-state index contributed by atoms with van der Waals surface area (Å²) in [5.74, 6) is 0.0367. The highest BCUT2D eigenvalue weighted by atomic mass is 32.2. The van der Waals surface area contributed by atoms with Crippen LogP contribution < -0.4 is 78.1 Å². The number of methoxy groups -OCH3 is 4. The number of aliphatic hydroxyl groups is 1. The smallest absolute Gasteiger partial charge is 0.504 e. The SMILES string of the molecule is COc1cc2c(cc1OC(=O)OC(C)(C)C)CCN[C@]21CS[C@@H]2c3c(OC(=O)[C@H](C)NC(=O)OC(C)(C)C)c(C)c4c(c3[C@H](COC1=O)N1C2[C@H]2c3c(cc(C)c(OC)c3O)C[C@@H]([C@@H]1C#N)N2C)OCO4.COc1cc2c(cc1OC(=O)OC(C)(C)C)CCN[C@]21CS[C@@H]2c3c(OC(=O)[C@H](C)NC(=O)OC(C)(C)C)c(C)c4c(c3[C@H](COC1=O)N1C2[C@H]2c3c(cc(C)c(OC)c3O)C[C@@H]([C@@H]1O)N2C)OCO4. The van der Waals surface area contributed by atoms with Gasteiger partial charge in [0, 0.05) is 87.2 Å². The first-order valence-corrected chi connectivity index (χ1v) is 49.1. The van der Waals surface area contributed by atoms with Gasteiger partial charge in [-0.15, -0.1) is 23.5 Å². The number of ether oxygens (including phenoxy) is 18. The van der Waals surface area contributed by atoms with Gasteiger partial charge in [-0.1, -0.05) is 12.1 Å². The maximum Gasteiger partial charge on any atom is 0.514 e. The largest absolute Gasteiger partial charge is 0.514 e. The molecule has 14 aliphatic heterocycles. The first-order chi connectivity index (χ1) is 66.5. The molecule has 4 saturated heterocycles. The first kappa shape index (κ1) is 101. The molecule has 141 heavy (non-hydrogen) atoms. The number of benzene rings is 6. The molecule has 20 rings (SSSR count). The number of likely N-dealkylation sites (N-methyl/N-ethyl adjacent to an activating group) is 2. The van der Waals surface area contributed by atoms with Crippen molar-refractivity contribution < 1.29 is 139 Å². The molecular formula is C101H123N9O29S2. The summed E-state index contributed by atoms with van der Waals surface area (Å²) < 4.78 is 107. The highest BCUT2D eigenvalue weighted by Gasteiger charge is 2.65. The Bertz CT molecular complexity index is 6160. The molecule has 2 spiro atoms. The molecule has 8 bridgehead atoms. The number of piperazine rings is 2. The van der Waals surface area contributed by atoms with Crippen LogP contribution in [0.5, 0.6) is 80.5 Å². The minimum absolute atomic E-state index is 0.0108. The Labute approximate surface area is 825 Å². The number of alkyl carbamates (subject to hydrolysis) is 2. The van der Waals surface area contributed by atoms with Gasteiger partial charge in [-0.25, -0.2) is 38.4 Å². The van der Waals surface area contributed by atoms with E-state index >= 15 is 9.59 Å². The van der Waals surface area contributed by atoms with Crippen LogP contribution in [0.4, 0.5) is 19.2 Å². The number of thioether (sulfide) groups is 2. The molecule has 2 amide bonds. The van der Waals surface area contributed by atoms with E-state index in [0.29, 0.717) is 140 Å². The molecule has 4 fully saturated rings. The molecule has 6 aromatic rings. The Morgan fingerprint density at radius 2 is 0.872 bits per heavy atom. The molecule has 0 saturated carbocycles. The number of fused-ring (bicyclic) bond motifs is 18. The number of aliphatic hydroxyl groups excluding tert-OH is 1. The molecule has 14 aliphatic rings. The van der Waals surface area contributed by atoms with Crippen LogP contribution in [0.3, 0.4) is 0 Å². The Morgan fingerprint density at radius 1 is 0.489 bits per heavy atom. The van der Waals surface area contributed by atoms with Crippen LogP contribution in [0, 0.1) is 39.0 Å². The van der Waals surface area contributed by atoms with Crippen LogP contribution in [-0.4, -0.2) is 248 Å². The minimum atomic E-state index is -1.53. The van der Waals surface area contributed by atoms with E-state index in [2.05, 4.69) is 42.0 Å². The number of aromatic hydroxyl groups is 2. The second-order valence-corrected chi connectivity index (χ2v) is 43.8. The van der Waals surface area contributed by atoms with Gasteiger partial charge in [-0.2, -0.15) is 5.26 Å². The number of phenolic OH excluding ortho intramolecular Hbond substituents is 2. The van der Waals surface area contributed by atoms with Gasteiger partial charge in [-0.05, 0) is 233 Å². The van der Waals surface area contributed by atoms with Gasteiger partial charge in [0.2, 0.25) is 13.6 Å². The number of hydrogen-bond acceptors (Lipinski definition) is 38. The molecule has 0 aromatic heterocycles. The van der Waals surface area contributed by atoms with E-state index < -0.39 is 159 Å². The van der Waals surface area contributed by atoms with E-state index in [-0.39, 0.29) is 90.3 Å². The lowest BCUT2D eigenvalue weighted by Gasteiger charge is -2.62. The maximum absolute atomic E-state index is 15.2. The monoisotopic (exact) mass is 1990 g/mol. The number of carbonyl (C=O) groups is 8. The normalized spacial score (nSPS) is 25.9. The summed E-state index contributed by atoms with van der Waals surface area (Å²) in [6.07, 6.45) is -2.92. The summed E-state index contributed by atoms with van der Waals surface area (Å²) in [4.78, 5) is 119. The van der Waals surface area contributed by atoms with Gasteiger partial charge < -0.3 is 111 Å². The quantitative estimate of drug-likeness (QED) is 0.0259. The van der Waals surface area contributed by atoms with Crippen molar-refractivity contribution in [3.8, 4) is 86.6 Å². The lowest BCUT2D eigenvalue weighted by atomic mass is 9.71. The number of aryl methyl sites for hydroxylation is 2.